The van der Waals surface area contributed by atoms with Crippen LogP contribution in [0.5, 0.6) is 0 Å². The highest BCUT2D eigenvalue weighted by molar-refractivity contribution is 5.68. The van der Waals surface area contributed by atoms with E-state index < -0.39 is 0 Å². The van der Waals surface area contributed by atoms with Crippen molar-refractivity contribution in [3.63, 3.8) is 0 Å². The topological polar surface area (TPSA) is 29.5 Å². The van der Waals surface area contributed by atoms with E-state index in [1.807, 2.05) is 4.90 Å². The summed E-state index contributed by atoms with van der Waals surface area (Å²) >= 11 is 0. The predicted molar refractivity (Wildman–Crippen MR) is 60.8 cm³/mol. The van der Waals surface area contributed by atoms with Gasteiger partial charge in [0.05, 0.1) is 6.61 Å². The SMILES string of the molecule is CC[C@H]1CCCCN1C(=O)OCC(C)C. The summed E-state index contributed by atoms with van der Waals surface area (Å²) < 4.78 is 5.26. The Hall–Kier alpha value is -0.730. The highest BCUT2D eigenvalue weighted by atomic mass is 16.6. The van der Waals surface area contributed by atoms with E-state index in [0.717, 1.165) is 25.8 Å². The average molecular weight is 213 g/mol. The summed E-state index contributed by atoms with van der Waals surface area (Å²) in [4.78, 5) is 13.7. The molecule has 0 aromatic carbocycles. The molecule has 1 fully saturated rings. The first-order valence-corrected chi connectivity index (χ1v) is 6.08. The van der Waals surface area contributed by atoms with E-state index in [4.69, 9.17) is 4.74 Å². The number of hydrogen-bond acceptors (Lipinski definition) is 2. The van der Waals surface area contributed by atoms with Crippen LogP contribution in [0.3, 0.4) is 0 Å². The van der Waals surface area contributed by atoms with E-state index in [1.54, 1.807) is 0 Å². The van der Waals surface area contributed by atoms with Crippen LogP contribution in [-0.4, -0.2) is 30.2 Å². The van der Waals surface area contributed by atoms with Gasteiger partial charge in [-0.2, -0.15) is 0 Å². The number of hydrogen-bond donors (Lipinski definition) is 0. The van der Waals surface area contributed by atoms with Gasteiger partial charge in [0.25, 0.3) is 0 Å². The summed E-state index contributed by atoms with van der Waals surface area (Å²) in [6, 6.07) is 0.401. The molecule has 0 unspecified atom stereocenters. The molecule has 0 aromatic heterocycles. The van der Waals surface area contributed by atoms with Crippen molar-refractivity contribution in [3.05, 3.63) is 0 Å². The van der Waals surface area contributed by atoms with Crippen LogP contribution >= 0.6 is 0 Å². The van der Waals surface area contributed by atoms with Crippen LogP contribution in [0.2, 0.25) is 0 Å². The minimum Gasteiger partial charge on any atom is -0.449 e. The van der Waals surface area contributed by atoms with Crippen molar-refractivity contribution in [1.29, 1.82) is 0 Å². The Labute approximate surface area is 92.8 Å². The summed E-state index contributed by atoms with van der Waals surface area (Å²) in [6.45, 7) is 7.65. The number of piperidine rings is 1. The van der Waals surface area contributed by atoms with Gasteiger partial charge in [0.1, 0.15) is 0 Å². The number of ether oxygens (including phenoxy) is 1. The van der Waals surface area contributed by atoms with Gasteiger partial charge in [0.2, 0.25) is 0 Å². The molecule has 0 N–H and O–H groups in total. The first-order valence-electron chi connectivity index (χ1n) is 6.08. The summed E-state index contributed by atoms with van der Waals surface area (Å²) in [6.07, 6.45) is 4.42. The molecule has 1 heterocycles. The Morgan fingerprint density at radius 2 is 2.20 bits per heavy atom. The maximum Gasteiger partial charge on any atom is 0.410 e. The lowest BCUT2D eigenvalue weighted by molar-refractivity contribution is 0.0646. The Morgan fingerprint density at radius 1 is 1.47 bits per heavy atom. The second-order valence-corrected chi connectivity index (χ2v) is 4.72. The molecule has 3 heteroatoms. The van der Waals surface area contributed by atoms with Crippen molar-refractivity contribution < 1.29 is 9.53 Å². The van der Waals surface area contributed by atoms with Crippen molar-refractivity contribution in [2.24, 2.45) is 5.92 Å². The molecule has 0 saturated carbocycles. The Morgan fingerprint density at radius 3 is 2.80 bits per heavy atom. The molecule has 0 bridgehead atoms. The largest absolute Gasteiger partial charge is 0.449 e. The Balaban J connectivity index is 2.41. The van der Waals surface area contributed by atoms with E-state index in [9.17, 15) is 4.79 Å². The molecule has 3 nitrogen and oxygen atoms in total. The Kier molecular flexibility index (Phi) is 4.92. The fraction of sp³-hybridized carbons (Fsp3) is 0.917. The van der Waals surface area contributed by atoms with Gasteiger partial charge in [-0.05, 0) is 31.6 Å². The number of rotatable bonds is 3. The maximum absolute atomic E-state index is 11.8. The molecule has 0 aliphatic carbocycles. The van der Waals surface area contributed by atoms with Gasteiger partial charge >= 0.3 is 6.09 Å². The van der Waals surface area contributed by atoms with Gasteiger partial charge in [-0.15, -0.1) is 0 Å². The van der Waals surface area contributed by atoms with Crippen LogP contribution in [0, 0.1) is 5.92 Å². The number of carbonyl (C=O) groups is 1. The quantitative estimate of drug-likeness (QED) is 0.721. The van der Waals surface area contributed by atoms with Gasteiger partial charge in [-0.25, -0.2) is 4.79 Å². The van der Waals surface area contributed by atoms with Crippen molar-refractivity contribution in [1.82, 2.24) is 4.90 Å². The van der Waals surface area contributed by atoms with Gasteiger partial charge in [0.15, 0.2) is 0 Å². The van der Waals surface area contributed by atoms with E-state index in [0.29, 0.717) is 18.6 Å². The molecule has 1 aliphatic heterocycles. The molecular formula is C12H23NO2. The third-order valence-electron chi connectivity index (χ3n) is 2.87. The highest BCUT2D eigenvalue weighted by Gasteiger charge is 2.26. The molecule has 1 amide bonds. The van der Waals surface area contributed by atoms with Crippen LogP contribution in [0.15, 0.2) is 0 Å². The third kappa shape index (κ3) is 3.73. The zero-order valence-corrected chi connectivity index (χ0v) is 10.2. The molecule has 0 radical (unpaired) electrons. The zero-order valence-electron chi connectivity index (χ0n) is 10.2. The molecule has 1 aliphatic rings. The molecule has 0 spiro atoms. The molecular weight excluding hydrogens is 190 g/mol. The molecule has 15 heavy (non-hydrogen) atoms. The molecule has 1 atom stereocenters. The summed E-state index contributed by atoms with van der Waals surface area (Å²) in [5.41, 5.74) is 0. The van der Waals surface area contributed by atoms with Crippen molar-refractivity contribution in [2.75, 3.05) is 13.2 Å². The first-order chi connectivity index (χ1) is 7.15. The second-order valence-electron chi connectivity index (χ2n) is 4.72. The lowest BCUT2D eigenvalue weighted by atomic mass is 10.0. The smallest absolute Gasteiger partial charge is 0.410 e. The predicted octanol–water partition coefficient (Wildman–Crippen LogP) is 3.04. The standard InChI is InChI=1S/C12H23NO2/c1-4-11-7-5-6-8-13(11)12(14)15-9-10(2)3/h10-11H,4-9H2,1-3H3/t11-/m0/s1. The molecule has 0 aromatic rings. The molecule has 1 saturated heterocycles. The number of nitrogens with zero attached hydrogens (tertiary/aromatic N) is 1. The van der Waals surface area contributed by atoms with Gasteiger partial charge in [-0.1, -0.05) is 20.8 Å². The molecule has 1 rings (SSSR count). The van der Waals surface area contributed by atoms with Gasteiger partial charge < -0.3 is 9.64 Å². The van der Waals surface area contributed by atoms with Crippen molar-refractivity contribution in [2.45, 2.75) is 52.5 Å². The van der Waals surface area contributed by atoms with E-state index in [1.165, 1.54) is 6.42 Å². The van der Waals surface area contributed by atoms with Crippen LogP contribution < -0.4 is 0 Å². The van der Waals surface area contributed by atoms with E-state index in [-0.39, 0.29) is 6.09 Å². The summed E-state index contributed by atoms with van der Waals surface area (Å²) in [5, 5.41) is 0. The first kappa shape index (κ1) is 12.3. The van der Waals surface area contributed by atoms with E-state index in [2.05, 4.69) is 20.8 Å². The van der Waals surface area contributed by atoms with Crippen LogP contribution in [-0.2, 0) is 4.74 Å². The lowest BCUT2D eigenvalue weighted by Gasteiger charge is -2.34. The number of carbonyl (C=O) groups excluding carboxylic acids is 1. The normalized spacial score (nSPS) is 21.9. The van der Waals surface area contributed by atoms with Gasteiger partial charge in [0, 0.05) is 12.6 Å². The summed E-state index contributed by atoms with van der Waals surface area (Å²) in [5.74, 6) is 0.416. The van der Waals surface area contributed by atoms with E-state index >= 15 is 0 Å². The Bertz CT molecular complexity index is 204. The third-order valence-corrected chi connectivity index (χ3v) is 2.87. The van der Waals surface area contributed by atoms with Crippen molar-refractivity contribution >= 4 is 6.09 Å². The van der Waals surface area contributed by atoms with Crippen molar-refractivity contribution in [3.8, 4) is 0 Å². The number of likely N-dealkylation sites (tertiary alicyclic amines) is 1. The fourth-order valence-corrected chi connectivity index (χ4v) is 1.99. The zero-order chi connectivity index (χ0) is 11.3. The lowest BCUT2D eigenvalue weighted by Crippen LogP contribution is -2.43. The van der Waals surface area contributed by atoms with Crippen LogP contribution in [0.1, 0.15) is 46.5 Å². The minimum absolute atomic E-state index is 0.116. The number of amides is 1. The fourth-order valence-electron chi connectivity index (χ4n) is 1.99. The monoisotopic (exact) mass is 213 g/mol. The second kappa shape index (κ2) is 5.99. The minimum atomic E-state index is -0.116. The average Bonchev–Trinajstić information content (AvgIpc) is 2.25. The highest BCUT2D eigenvalue weighted by Crippen LogP contribution is 2.20. The van der Waals surface area contributed by atoms with Crippen LogP contribution in [0.4, 0.5) is 4.79 Å². The maximum atomic E-state index is 11.8. The van der Waals surface area contributed by atoms with Crippen LogP contribution in [0.25, 0.3) is 0 Å². The molecule has 88 valence electrons. The van der Waals surface area contributed by atoms with Gasteiger partial charge in [-0.3, -0.25) is 0 Å². The summed E-state index contributed by atoms with van der Waals surface area (Å²) in [7, 11) is 0.